The van der Waals surface area contributed by atoms with Gasteiger partial charge in [-0.15, -0.1) is 0 Å². The third-order valence-corrected chi connectivity index (χ3v) is 3.87. The van der Waals surface area contributed by atoms with E-state index in [-0.39, 0.29) is 12.2 Å². The lowest BCUT2D eigenvalue weighted by atomic mass is 10.1. The van der Waals surface area contributed by atoms with Gasteiger partial charge in [-0.3, -0.25) is 0 Å². The molecule has 0 heterocycles. The highest BCUT2D eigenvalue weighted by atomic mass is 16.6. The van der Waals surface area contributed by atoms with Gasteiger partial charge >= 0.3 is 6.09 Å². The monoisotopic (exact) mass is 310 g/mol. The molecule has 4 heteroatoms. The molecule has 1 fully saturated rings. The molecule has 2 N–H and O–H groups in total. The van der Waals surface area contributed by atoms with E-state index in [2.05, 4.69) is 10.6 Å². The number of ether oxygens (including phenoxy) is 1. The van der Waals surface area contributed by atoms with Crippen LogP contribution in [0.3, 0.4) is 0 Å². The van der Waals surface area contributed by atoms with Crippen LogP contribution in [0, 0.1) is 0 Å². The van der Waals surface area contributed by atoms with E-state index in [1.165, 1.54) is 12.8 Å². The summed E-state index contributed by atoms with van der Waals surface area (Å²) in [5.41, 5.74) is 2.06. The molecule has 3 rings (SSSR count). The van der Waals surface area contributed by atoms with Crippen LogP contribution in [0.25, 0.3) is 0 Å². The Bertz CT molecular complexity index is 612. The fourth-order valence-corrected chi connectivity index (χ4v) is 2.40. The second kappa shape index (κ2) is 7.79. The predicted molar refractivity (Wildman–Crippen MR) is 90.0 cm³/mol. The highest BCUT2D eigenvalue weighted by molar-refractivity contribution is 5.67. The van der Waals surface area contributed by atoms with Crippen molar-refractivity contribution in [2.75, 3.05) is 6.54 Å². The molecule has 0 bridgehead atoms. The Morgan fingerprint density at radius 2 is 1.70 bits per heavy atom. The molecule has 1 amide bonds. The molecule has 0 aliphatic heterocycles. The molecular weight excluding hydrogens is 288 g/mol. The molecule has 0 radical (unpaired) electrons. The van der Waals surface area contributed by atoms with Gasteiger partial charge in [-0.1, -0.05) is 60.7 Å². The second-order valence-corrected chi connectivity index (χ2v) is 5.83. The van der Waals surface area contributed by atoms with Crippen LogP contribution >= 0.6 is 0 Å². The molecular formula is C19H22N2O2. The molecule has 1 saturated carbocycles. The normalized spacial score (nSPS) is 15.0. The van der Waals surface area contributed by atoms with E-state index < -0.39 is 0 Å². The van der Waals surface area contributed by atoms with Crippen molar-refractivity contribution in [1.82, 2.24) is 10.6 Å². The summed E-state index contributed by atoms with van der Waals surface area (Å²) in [6, 6.07) is 20.3. The van der Waals surface area contributed by atoms with Gasteiger partial charge in [0, 0.05) is 19.1 Å². The zero-order valence-corrected chi connectivity index (χ0v) is 13.1. The fraction of sp³-hybridized carbons (Fsp3) is 0.316. The lowest BCUT2D eigenvalue weighted by Crippen LogP contribution is -2.31. The van der Waals surface area contributed by atoms with Crippen molar-refractivity contribution >= 4 is 6.09 Å². The van der Waals surface area contributed by atoms with Gasteiger partial charge in [0.25, 0.3) is 0 Å². The van der Waals surface area contributed by atoms with Gasteiger partial charge in [0.2, 0.25) is 0 Å². The van der Waals surface area contributed by atoms with Crippen molar-refractivity contribution in [1.29, 1.82) is 0 Å². The lowest BCUT2D eigenvalue weighted by Gasteiger charge is -2.19. The minimum atomic E-state index is -0.389. The maximum absolute atomic E-state index is 12.1. The van der Waals surface area contributed by atoms with Crippen molar-refractivity contribution in [2.45, 2.75) is 31.5 Å². The summed E-state index contributed by atoms with van der Waals surface area (Å²) in [6.45, 7) is 1.12. The summed E-state index contributed by atoms with van der Waals surface area (Å²) >= 11 is 0. The van der Waals surface area contributed by atoms with Crippen molar-refractivity contribution in [3.63, 3.8) is 0 Å². The second-order valence-electron chi connectivity index (χ2n) is 5.83. The third-order valence-electron chi connectivity index (χ3n) is 3.87. The summed E-state index contributed by atoms with van der Waals surface area (Å²) in [7, 11) is 0. The maximum Gasteiger partial charge on any atom is 0.408 e. The summed E-state index contributed by atoms with van der Waals surface area (Å²) < 4.78 is 5.62. The molecule has 1 unspecified atom stereocenters. The van der Waals surface area contributed by atoms with Crippen molar-refractivity contribution in [3.8, 4) is 0 Å². The molecule has 1 aliphatic carbocycles. The molecule has 1 aliphatic rings. The number of carbonyl (C=O) groups excluding carboxylic acids is 1. The summed E-state index contributed by atoms with van der Waals surface area (Å²) in [4.78, 5) is 12.1. The molecule has 2 aromatic rings. The van der Waals surface area contributed by atoms with Crippen LogP contribution in [-0.2, 0) is 11.3 Å². The number of rotatable bonds is 7. The minimum absolute atomic E-state index is 0.271. The van der Waals surface area contributed by atoms with E-state index in [1.54, 1.807) is 0 Å². The van der Waals surface area contributed by atoms with Gasteiger partial charge in [0.05, 0.1) is 0 Å². The van der Waals surface area contributed by atoms with Crippen LogP contribution < -0.4 is 10.6 Å². The average Bonchev–Trinajstić information content (AvgIpc) is 3.43. The Kier molecular flexibility index (Phi) is 5.27. The van der Waals surface area contributed by atoms with Crippen LogP contribution in [0.2, 0.25) is 0 Å². The topological polar surface area (TPSA) is 50.4 Å². The number of amides is 1. The first-order chi connectivity index (χ1) is 11.3. The first-order valence-corrected chi connectivity index (χ1v) is 8.08. The van der Waals surface area contributed by atoms with Gasteiger partial charge in [-0.25, -0.2) is 4.79 Å². The van der Waals surface area contributed by atoms with Crippen molar-refractivity contribution in [3.05, 3.63) is 71.8 Å². The summed E-state index contributed by atoms with van der Waals surface area (Å²) in [6.07, 6.45) is 1.76. The predicted octanol–water partition coefficient (Wildman–Crippen LogP) is 3.41. The largest absolute Gasteiger partial charge is 0.440 e. The number of alkyl carbamates (subject to hydrolysis) is 1. The van der Waals surface area contributed by atoms with Crippen LogP contribution in [0.1, 0.15) is 30.1 Å². The Balaban J connectivity index is 1.55. The zero-order chi connectivity index (χ0) is 15.9. The van der Waals surface area contributed by atoms with E-state index in [9.17, 15) is 4.79 Å². The van der Waals surface area contributed by atoms with E-state index in [0.717, 1.165) is 11.1 Å². The number of benzene rings is 2. The zero-order valence-electron chi connectivity index (χ0n) is 13.1. The van der Waals surface area contributed by atoms with Crippen LogP contribution in [0.5, 0.6) is 0 Å². The summed E-state index contributed by atoms with van der Waals surface area (Å²) in [5, 5.41) is 6.24. The van der Waals surface area contributed by atoms with Crippen LogP contribution in [0.15, 0.2) is 60.7 Å². The summed E-state index contributed by atoms with van der Waals surface area (Å²) in [5.74, 6) is 0. The molecule has 23 heavy (non-hydrogen) atoms. The standard InChI is InChI=1S/C19H22N2O2/c22-19(21-13-15-7-3-1-4-8-15)23-18(14-20-17-11-12-17)16-9-5-2-6-10-16/h1-10,17-18,20H,11-14H2,(H,21,22). The number of nitrogens with one attached hydrogen (secondary N) is 2. The first kappa shape index (κ1) is 15.6. The van der Waals surface area contributed by atoms with Gasteiger partial charge in [-0.2, -0.15) is 0 Å². The fourth-order valence-electron chi connectivity index (χ4n) is 2.40. The Morgan fingerprint density at radius 1 is 1.04 bits per heavy atom. The lowest BCUT2D eigenvalue weighted by molar-refractivity contribution is 0.0960. The van der Waals surface area contributed by atoms with Gasteiger partial charge in [-0.05, 0) is 24.0 Å². The van der Waals surface area contributed by atoms with Gasteiger partial charge in [0.15, 0.2) is 0 Å². The molecule has 120 valence electrons. The Morgan fingerprint density at radius 3 is 2.35 bits per heavy atom. The first-order valence-electron chi connectivity index (χ1n) is 8.08. The van der Waals surface area contributed by atoms with Crippen molar-refractivity contribution < 1.29 is 9.53 Å². The number of carbonyl (C=O) groups is 1. The highest BCUT2D eigenvalue weighted by Gasteiger charge is 2.24. The third kappa shape index (κ3) is 5.11. The maximum atomic E-state index is 12.1. The minimum Gasteiger partial charge on any atom is -0.440 e. The van der Waals surface area contributed by atoms with Crippen LogP contribution in [-0.4, -0.2) is 18.7 Å². The molecule has 2 aromatic carbocycles. The van der Waals surface area contributed by atoms with Crippen molar-refractivity contribution in [2.24, 2.45) is 0 Å². The Labute approximate surface area is 136 Å². The van der Waals surface area contributed by atoms with E-state index >= 15 is 0 Å². The van der Waals surface area contributed by atoms with E-state index in [1.807, 2.05) is 60.7 Å². The van der Waals surface area contributed by atoms with Gasteiger partial charge < -0.3 is 15.4 Å². The molecule has 0 aromatic heterocycles. The average molecular weight is 310 g/mol. The van der Waals surface area contributed by atoms with E-state index in [0.29, 0.717) is 19.1 Å². The molecule has 4 nitrogen and oxygen atoms in total. The number of hydrogen-bond acceptors (Lipinski definition) is 3. The molecule has 0 spiro atoms. The van der Waals surface area contributed by atoms with Gasteiger partial charge in [0.1, 0.15) is 6.10 Å². The highest BCUT2D eigenvalue weighted by Crippen LogP contribution is 2.22. The quantitative estimate of drug-likeness (QED) is 0.824. The smallest absolute Gasteiger partial charge is 0.408 e. The Hall–Kier alpha value is -2.33. The molecule has 0 saturated heterocycles. The van der Waals surface area contributed by atoms with E-state index in [4.69, 9.17) is 4.74 Å². The SMILES string of the molecule is O=C(NCc1ccccc1)OC(CNC1CC1)c1ccccc1. The molecule has 1 atom stereocenters. The van der Waals surface area contributed by atoms with Crippen LogP contribution in [0.4, 0.5) is 4.79 Å². The number of hydrogen-bond donors (Lipinski definition) is 2.